The summed E-state index contributed by atoms with van der Waals surface area (Å²) in [6.07, 6.45) is 0. The van der Waals surface area contributed by atoms with Crippen molar-refractivity contribution in [2.75, 3.05) is 0 Å². The molecular formula is C36H24N2. The van der Waals surface area contributed by atoms with Crippen molar-refractivity contribution in [2.45, 2.75) is 0 Å². The Morgan fingerprint density at radius 3 is 1.61 bits per heavy atom. The second-order valence-electron chi connectivity index (χ2n) is 8.46. The molecule has 0 saturated heterocycles. The second kappa shape index (κ2) is 8.22. The van der Waals surface area contributed by atoms with Gasteiger partial charge in [-0.25, -0.2) is 0 Å². The first kappa shape index (κ1) is 10.00. The Kier molecular flexibility index (Phi) is 2.16. The fourth-order valence-corrected chi connectivity index (χ4v) is 4.79. The van der Waals surface area contributed by atoms with Crippen molar-refractivity contribution in [2.24, 2.45) is 0 Å². The second-order valence-corrected chi connectivity index (χ2v) is 8.46. The largest absolute Gasteiger partial charge is 0.309 e. The molecule has 0 bridgehead atoms. The number of nitrogens with zero attached hydrogens (tertiary/aromatic N) is 2. The standard InChI is InChI=1S/C36H24N2/c1-2-11-25(12-3-1)26-13-10-14-27(23-26)38-35-20-9-6-17-31(35)32-22-21-28(24-36(32)38)37-33-18-7-4-15-29(33)30-16-5-8-19-34(30)37/h1-24H/i1D,4D,5D,6D,7D,8D,9D,11D,12D,15D,16D,17D,18D,19D,20D,21D,22D,24D. The van der Waals surface area contributed by atoms with E-state index in [0.717, 1.165) is 4.57 Å². The fourth-order valence-electron chi connectivity index (χ4n) is 4.79. The molecule has 8 aromatic rings. The van der Waals surface area contributed by atoms with Gasteiger partial charge in [-0.15, -0.1) is 0 Å². The van der Waals surface area contributed by atoms with Crippen molar-refractivity contribution in [3.63, 3.8) is 0 Å². The minimum atomic E-state index is -0.741. The molecule has 178 valence electrons. The Balaban J connectivity index is 1.64. The van der Waals surface area contributed by atoms with E-state index in [9.17, 15) is 4.11 Å². The third kappa shape index (κ3) is 3.07. The Morgan fingerprint density at radius 2 is 0.974 bits per heavy atom. The number of para-hydroxylation sites is 3. The van der Waals surface area contributed by atoms with E-state index in [4.69, 9.17) is 20.6 Å². The summed E-state index contributed by atoms with van der Waals surface area (Å²) >= 11 is 0. The number of fused-ring (bicyclic) bond motifs is 6. The molecule has 8 rings (SSSR count). The zero-order valence-electron chi connectivity index (χ0n) is 37.4. The van der Waals surface area contributed by atoms with Crippen LogP contribution < -0.4 is 0 Å². The third-order valence-electron chi connectivity index (χ3n) is 6.39. The van der Waals surface area contributed by atoms with E-state index >= 15 is 0 Å². The number of hydrogen-bond acceptors (Lipinski definition) is 0. The first-order valence-corrected chi connectivity index (χ1v) is 11.6. The van der Waals surface area contributed by atoms with Crippen molar-refractivity contribution in [1.82, 2.24) is 9.13 Å². The zero-order valence-corrected chi connectivity index (χ0v) is 19.4. The van der Waals surface area contributed by atoms with Crippen molar-refractivity contribution in [1.29, 1.82) is 0 Å². The van der Waals surface area contributed by atoms with E-state index in [1.54, 1.807) is 12.1 Å². The highest BCUT2D eigenvalue weighted by atomic mass is 15.0. The van der Waals surface area contributed by atoms with Gasteiger partial charge in [-0.3, -0.25) is 0 Å². The van der Waals surface area contributed by atoms with Crippen LogP contribution in [0.25, 0.3) is 66.1 Å². The Bertz CT molecular complexity index is 3030. The normalized spacial score (nSPS) is 18.3. The van der Waals surface area contributed by atoms with E-state index in [1.165, 1.54) is 28.8 Å². The lowest BCUT2D eigenvalue weighted by atomic mass is 10.1. The van der Waals surface area contributed by atoms with Gasteiger partial charge in [0.25, 0.3) is 0 Å². The molecular weight excluding hydrogens is 460 g/mol. The summed E-state index contributed by atoms with van der Waals surface area (Å²) in [6.45, 7) is 0. The van der Waals surface area contributed by atoms with Crippen LogP contribution in [0.15, 0.2) is 145 Å². The van der Waals surface area contributed by atoms with E-state index in [1.807, 2.05) is 0 Å². The molecule has 0 fully saturated rings. The summed E-state index contributed by atoms with van der Waals surface area (Å²) in [4.78, 5) is 0. The molecule has 0 saturated carbocycles. The van der Waals surface area contributed by atoms with E-state index in [-0.39, 0.29) is 62.0 Å². The maximum absolute atomic E-state index is 9.80. The van der Waals surface area contributed by atoms with E-state index < -0.39 is 107 Å². The summed E-state index contributed by atoms with van der Waals surface area (Å²) in [5, 5.41) is -1.07. The number of hydrogen-bond donors (Lipinski definition) is 0. The molecule has 38 heavy (non-hydrogen) atoms. The van der Waals surface area contributed by atoms with Crippen LogP contribution >= 0.6 is 0 Å². The van der Waals surface area contributed by atoms with Crippen LogP contribution in [0, 0.1) is 0 Å². The highest BCUT2D eigenvalue weighted by Crippen LogP contribution is 2.37. The molecule has 0 N–H and O–H groups in total. The third-order valence-corrected chi connectivity index (χ3v) is 6.39. The number of benzene rings is 6. The van der Waals surface area contributed by atoms with Gasteiger partial charge in [-0.05, 0) is 53.5 Å². The van der Waals surface area contributed by atoms with Crippen LogP contribution in [0.1, 0.15) is 24.7 Å². The Labute approximate surface area is 245 Å². The monoisotopic (exact) mass is 502 g/mol. The molecule has 2 heterocycles. The van der Waals surface area contributed by atoms with Gasteiger partial charge in [0.2, 0.25) is 0 Å². The molecule has 2 heteroatoms. The summed E-state index contributed by atoms with van der Waals surface area (Å²) in [7, 11) is 0. The first-order chi connectivity index (χ1) is 26.3. The quantitative estimate of drug-likeness (QED) is 0.228. The predicted molar refractivity (Wildman–Crippen MR) is 161 cm³/mol. The highest BCUT2D eigenvalue weighted by Gasteiger charge is 2.16. The average Bonchev–Trinajstić information content (AvgIpc) is 3.70. The molecule has 0 radical (unpaired) electrons. The molecule has 0 aliphatic rings. The molecule has 2 nitrogen and oxygen atoms in total. The van der Waals surface area contributed by atoms with Crippen LogP contribution in [-0.2, 0) is 0 Å². The molecule has 2 aromatic heterocycles. The molecule has 0 spiro atoms. The topological polar surface area (TPSA) is 9.86 Å². The highest BCUT2D eigenvalue weighted by molar-refractivity contribution is 6.12. The van der Waals surface area contributed by atoms with E-state index in [0.29, 0.717) is 5.56 Å². The number of rotatable bonds is 3. The van der Waals surface area contributed by atoms with Crippen LogP contribution in [0.5, 0.6) is 0 Å². The lowest BCUT2D eigenvalue weighted by Crippen LogP contribution is -1.97. The summed E-state index contributed by atoms with van der Waals surface area (Å²) < 4.78 is 160. The summed E-state index contributed by atoms with van der Waals surface area (Å²) in [6, 6.07) is -1.65. The van der Waals surface area contributed by atoms with Gasteiger partial charge in [-0.2, -0.15) is 0 Å². The maximum Gasteiger partial charge on any atom is 0.0667 e. The Hall–Kier alpha value is -5.08. The van der Waals surface area contributed by atoms with Gasteiger partial charge < -0.3 is 9.13 Å². The molecule has 0 atom stereocenters. The number of aromatic nitrogens is 2. The molecule has 0 aliphatic carbocycles. The smallest absolute Gasteiger partial charge is 0.0667 e. The van der Waals surface area contributed by atoms with Crippen LogP contribution in [0.2, 0.25) is 0 Å². The van der Waals surface area contributed by atoms with Crippen molar-refractivity contribution >= 4 is 43.6 Å². The van der Waals surface area contributed by atoms with Crippen molar-refractivity contribution < 1.29 is 24.7 Å². The maximum atomic E-state index is 9.80. The van der Waals surface area contributed by atoms with Gasteiger partial charge in [0.1, 0.15) is 0 Å². The van der Waals surface area contributed by atoms with Gasteiger partial charge >= 0.3 is 0 Å². The lowest BCUT2D eigenvalue weighted by molar-refractivity contribution is 1.15. The van der Waals surface area contributed by atoms with Crippen LogP contribution in [0.4, 0.5) is 0 Å². The Morgan fingerprint density at radius 1 is 0.421 bits per heavy atom. The van der Waals surface area contributed by atoms with Gasteiger partial charge in [0.05, 0.1) is 46.7 Å². The average molecular weight is 503 g/mol. The molecule has 0 aliphatic heterocycles. The molecule has 6 aromatic carbocycles. The van der Waals surface area contributed by atoms with Gasteiger partial charge in [0.15, 0.2) is 0 Å². The van der Waals surface area contributed by atoms with Crippen LogP contribution in [0.3, 0.4) is 0 Å². The first-order valence-electron chi connectivity index (χ1n) is 20.6. The summed E-state index contributed by atoms with van der Waals surface area (Å²) in [5.74, 6) is 0. The predicted octanol–water partition coefficient (Wildman–Crippen LogP) is 9.55. The minimum Gasteiger partial charge on any atom is -0.309 e. The molecule has 0 amide bonds. The van der Waals surface area contributed by atoms with Crippen LogP contribution in [-0.4, -0.2) is 9.13 Å². The SMILES string of the molecule is [2H]c1cc([2H])c(-c2cccc(-n3c4c([2H])c([2H])c([2H])c([2H])c4c4c([2H])c([2H])c(-n5c6c([2H])c([2H])c([2H])c([2H])c6c6c([2H])c([2H])c([2H])c([2H])c65)c([2H])c43)c2)c([2H])c1. The summed E-state index contributed by atoms with van der Waals surface area (Å²) in [5.41, 5.74) is -1.15. The minimum absolute atomic E-state index is 0.0568. The van der Waals surface area contributed by atoms with E-state index in [2.05, 4.69) is 0 Å². The fraction of sp³-hybridized carbons (Fsp3) is 0. The lowest BCUT2D eigenvalue weighted by Gasteiger charge is -2.12. The zero-order chi connectivity index (χ0) is 40.7. The van der Waals surface area contributed by atoms with Gasteiger partial charge in [0, 0.05) is 32.9 Å². The van der Waals surface area contributed by atoms with Crippen molar-refractivity contribution in [3.8, 4) is 22.5 Å². The molecule has 0 unspecified atom stereocenters. The van der Waals surface area contributed by atoms with Gasteiger partial charge in [-0.1, -0.05) is 103 Å². The van der Waals surface area contributed by atoms with Crippen molar-refractivity contribution in [3.05, 3.63) is 145 Å².